The molecule has 3 amide bonds. The van der Waals surface area contributed by atoms with E-state index in [1.165, 1.54) is 12.1 Å². The van der Waals surface area contributed by atoms with E-state index in [0.29, 0.717) is 18.4 Å². The topological polar surface area (TPSA) is 75.7 Å². The number of imide groups is 1. The van der Waals surface area contributed by atoms with Crippen LogP contribution in [0.4, 0.5) is 18.0 Å². The summed E-state index contributed by atoms with van der Waals surface area (Å²) in [5, 5.41) is 2.78. The van der Waals surface area contributed by atoms with Crippen LogP contribution in [0.3, 0.4) is 0 Å². The summed E-state index contributed by atoms with van der Waals surface area (Å²) in [7, 11) is 0. The molecule has 2 atom stereocenters. The number of alkyl halides is 3. The number of esters is 1. The van der Waals surface area contributed by atoms with Crippen molar-refractivity contribution in [2.24, 2.45) is 11.3 Å². The Morgan fingerprint density at radius 1 is 1.20 bits per heavy atom. The van der Waals surface area contributed by atoms with E-state index in [1.807, 2.05) is 20.8 Å². The van der Waals surface area contributed by atoms with Crippen LogP contribution in [-0.2, 0) is 27.1 Å². The molecule has 2 aliphatic rings. The fourth-order valence-corrected chi connectivity index (χ4v) is 4.78. The van der Waals surface area contributed by atoms with Gasteiger partial charge in [-0.2, -0.15) is 13.2 Å². The molecule has 1 aliphatic carbocycles. The van der Waals surface area contributed by atoms with Gasteiger partial charge < -0.3 is 10.1 Å². The first-order valence-electron chi connectivity index (χ1n) is 9.77. The van der Waals surface area contributed by atoms with E-state index in [-0.39, 0.29) is 17.9 Å². The smallest absolute Gasteiger partial charge is 0.416 e. The SMILES string of the molecule is CC1CC(C)(C)CC2(C1)NC(=O)N(CC(=O)OCc1ccc(C(F)(F)F)cc1)C2=O. The first-order chi connectivity index (χ1) is 13.8. The van der Waals surface area contributed by atoms with Crippen molar-refractivity contribution in [3.63, 3.8) is 0 Å². The van der Waals surface area contributed by atoms with Gasteiger partial charge in [0.15, 0.2) is 0 Å². The van der Waals surface area contributed by atoms with Crippen LogP contribution in [0.1, 0.15) is 51.2 Å². The molecule has 1 saturated heterocycles. The number of hydrogen-bond acceptors (Lipinski definition) is 4. The molecule has 0 aromatic heterocycles. The first-order valence-corrected chi connectivity index (χ1v) is 9.77. The summed E-state index contributed by atoms with van der Waals surface area (Å²) in [6.45, 7) is 5.33. The molecule has 1 spiro atoms. The van der Waals surface area contributed by atoms with Crippen LogP contribution in [-0.4, -0.2) is 34.9 Å². The van der Waals surface area contributed by atoms with E-state index >= 15 is 0 Å². The van der Waals surface area contributed by atoms with Crippen molar-refractivity contribution in [1.82, 2.24) is 10.2 Å². The van der Waals surface area contributed by atoms with Crippen molar-refractivity contribution in [3.8, 4) is 0 Å². The predicted octanol–water partition coefficient (Wildman–Crippen LogP) is 3.89. The largest absolute Gasteiger partial charge is 0.459 e. The van der Waals surface area contributed by atoms with Gasteiger partial charge in [-0.3, -0.25) is 14.5 Å². The lowest BCUT2D eigenvalue weighted by Crippen LogP contribution is -2.54. The predicted molar refractivity (Wildman–Crippen MR) is 101 cm³/mol. The number of carbonyl (C=O) groups is 3. The quantitative estimate of drug-likeness (QED) is 0.586. The minimum atomic E-state index is -4.44. The summed E-state index contributed by atoms with van der Waals surface area (Å²) in [5.41, 5.74) is -1.56. The number of hydrogen-bond donors (Lipinski definition) is 1. The van der Waals surface area contributed by atoms with Gasteiger partial charge in [0.05, 0.1) is 5.56 Å². The zero-order valence-corrected chi connectivity index (χ0v) is 17.1. The maximum absolute atomic E-state index is 13.0. The van der Waals surface area contributed by atoms with E-state index in [0.717, 1.165) is 23.5 Å². The lowest BCUT2D eigenvalue weighted by Gasteiger charge is -2.43. The highest BCUT2D eigenvalue weighted by molar-refractivity contribution is 6.08. The van der Waals surface area contributed by atoms with E-state index < -0.39 is 41.7 Å². The molecule has 1 heterocycles. The van der Waals surface area contributed by atoms with E-state index in [4.69, 9.17) is 4.74 Å². The monoisotopic (exact) mass is 426 g/mol. The number of carbonyl (C=O) groups excluding carboxylic acids is 3. The highest BCUT2D eigenvalue weighted by atomic mass is 19.4. The summed E-state index contributed by atoms with van der Waals surface area (Å²) >= 11 is 0. The minimum Gasteiger partial charge on any atom is -0.459 e. The molecule has 1 aromatic rings. The third-order valence-electron chi connectivity index (χ3n) is 5.59. The summed E-state index contributed by atoms with van der Waals surface area (Å²) in [4.78, 5) is 38.4. The number of nitrogens with one attached hydrogen (secondary N) is 1. The molecule has 1 N–H and O–H groups in total. The maximum Gasteiger partial charge on any atom is 0.416 e. The van der Waals surface area contributed by atoms with Crippen molar-refractivity contribution in [1.29, 1.82) is 0 Å². The standard InChI is InChI=1S/C21H25F3N2O4/c1-13-8-19(2,3)12-20(9-13)17(28)26(18(29)25-20)10-16(27)30-11-14-4-6-15(7-5-14)21(22,23)24/h4-7,13H,8-12H2,1-3H3,(H,25,29). The van der Waals surface area contributed by atoms with Gasteiger partial charge in [0.2, 0.25) is 0 Å². The van der Waals surface area contributed by atoms with Crippen LogP contribution in [0.15, 0.2) is 24.3 Å². The lowest BCUT2D eigenvalue weighted by atomic mass is 9.64. The summed E-state index contributed by atoms with van der Waals surface area (Å²) in [6, 6.07) is 3.60. The van der Waals surface area contributed by atoms with Gasteiger partial charge in [0.25, 0.3) is 5.91 Å². The van der Waals surface area contributed by atoms with Crippen LogP contribution in [0, 0.1) is 11.3 Å². The molecule has 1 aromatic carbocycles. The zero-order valence-electron chi connectivity index (χ0n) is 17.1. The highest BCUT2D eigenvalue weighted by Crippen LogP contribution is 2.46. The summed E-state index contributed by atoms with van der Waals surface area (Å²) < 4.78 is 42.8. The Labute approximate surface area is 172 Å². The van der Waals surface area contributed by atoms with E-state index in [2.05, 4.69) is 5.32 Å². The second kappa shape index (κ2) is 7.59. The van der Waals surface area contributed by atoms with Crippen LogP contribution >= 0.6 is 0 Å². The minimum absolute atomic E-state index is 0.125. The zero-order chi connectivity index (χ0) is 22.3. The van der Waals surface area contributed by atoms with Crippen molar-refractivity contribution < 1.29 is 32.3 Å². The molecule has 0 bridgehead atoms. The highest BCUT2D eigenvalue weighted by Gasteiger charge is 2.56. The van der Waals surface area contributed by atoms with Crippen molar-refractivity contribution >= 4 is 17.9 Å². The number of amides is 3. The van der Waals surface area contributed by atoms with Gasteiger partial charge >= 0.3 is 18.2 Å². The average molecular weight is 426 g/mol. The van der Waals surface area contributed by atoms with Gasteiger partial charge in [0, 0.05) is 0 Å². The van der Waals surface area contributed by atoms with Crippen LogP contribution in [0.5, 0.6) is 0 Å². The van der Waals surface area contributed by atoms with Crippen LogP contribution in [0.2, 0.25) is 0 Å². The Morgan fingerprint density at radius 2 is 1.83 bits per heavy atom. The Hall–Kier alpha value is -2.58. The Bertz CT molecular complexity index is 851. The van der Waals surface area contributed by atoms with Crippen molar-refractivity contribution in [2.75, 3.05) is 6.54 Å². The number of urea groups is 1. The van der Waals surface area contributed by atoms with Gasteiger partial charge in [-0.05, 0) is 48.3 Å². The molecule has 6 nitrogen and oxygen atoms in total. The molecule has 9 heteroatoms. The summed E-state index contributed by atoms with van der Waals surface area (Å²) in [5.74, 6) is -0.998. The van der Waals surface area contributed by atoms with Crippen molar-refractivity contribution in [2.45, 2.75) is 58.4 Å². The molecular weight excluding hydrogens is 401 g/mol. The molecule has 164 valence electrons. The summed E-state index contributed by atoms with van der Waals surface area (Å²) in [6.07, 6.45) is -2.50. The molecule has 3 rings (SSSR count). The van der Waals surface area contributed by atoms with Crippen LogP contribution < -0.4 is 5.32 Å². The van der Waals surface area contributed by atoms with Gasteiger partial charge in [0.1, 0.15) is 18.7 Å². The Kier molecular flexibility index (Phi) is 5.60. The Balaban J connectivity index is 1.60. The lowest BCUT2D eigenvalue weighted by molar-refractivity contribution is -0.149. The number of rotatable bonds is 4. The average Bonchev–Trinajstić information content (AvgIpc) is 2.81. The molecule has 1 saturated carbocycles. The second-order valence-corrected chi connectivity index (χ2v) is 9.11. The molecule has 1 aliphatic heterocycles. The first kappa shape index (κ1) is 22.1. The Morgan fingerprint density at radius 3 is 2.40 bits per heavy atom. The molecule has 2 fully saturated rings. The van der Waals surface area contributed by atoms with Crippen LogP contribution in [0.25, 0.3) is 0 Å². The van der Waals surface area contributed by atoms with E-state index in [1.54, 1.807) is 0 Å². The number of benzene rings is 1. The number of nitrogens with zero attached hydrogens (tertiary/aromatic N) is 1. The van der Waals surface area contributed by atoms with Crippen molar-refractivity contribution in [3.05, 3.63) is 35.4 Å². The third-order valence-corrected chi connectivity index (χ3v) is 5.59. The maximum atomic E-state index is 13.0. The van der Waals surface area contributed by atoms with Gasteiger partial charge in [-0.25, -0.2) is 4.79 Å². The molecule has 2 unspecified atom stereocenters. The normalized spacial score (nSPS) is 26.1. The molecular formula is C21H25F3N2O4. The third kappa shape index (κ3) is 4.60. The molecule has 30 heavy (non-hydrogen) atoms. The fraction of sp³-hybridized carbons (Fsp3) is 0.571. The fourth-order valence-electron chi connectivity index (χ4n) is 4.78. The number of ether oxygens (including phenoxy) is 1. The number of halogens is 3. The molecule has 0 radical (unpaired) electrons. The second-order valence-electron chi connectivity index (χ2n) is 9.11. The van der Waals surface area contributed by atoms with E-state index in [9.17, 15) is 27.6 Å². The van der Waals surface area contributed by atoms with Gasteiger partial charge in [-0.15, -0.1) is 0 Å². The van der Waals surface area contributed by atoms with Gasteiger partial charge in [-0.1, -0.05) is 32.9 Å².